The zero-order valence-corrected chi connectivity index (χ0v) is 7.87. The number of aromatic nitrogens is 1. The molecule has 0 bridgehead atoms. The van der Waals surface area contributed by atoms with E-state index >= 15 is 0 Å². The van der Waals surface area contributed by atoms with Gasteiger partial charge in [0.25, 0.3) is 0 Å². The number of fused-ring (bicyclic) bond motifs is 1. The summed E-state index contributed by atoms with van der Waals surface area (Å²) in [5, 5.41) is 9.49. The molecule has 0 amide bonds. The summed E-state index contributed by atoms with van der Waals surface area (Å²) < 4.78 is 5.05. The number of carboxylic acid groups (broad SMARTS) is 1. The van der Waals surface area contributed by atoms with Crippen molar-refractivity contribution in [2.45, 2.75) is 13.8 Å². The van der Waals surface area contributed by atoms with Gasteiger partial charge >= 0.3 is 5.97 Å². The number of hydrogen-bond donors (Lipinski definition) is 1. The average molecular weight is 191 g/mol. The lowest BCUT2D eigenvalue weighted by atomic mass is 10.1. The predicted octanol–water partition coefficient (Wildman–Crippen LogP) is 2.14. The number of rotatable bonds is 1. The maximum atomic E-state index is 10.6. The molecule has 2 heterocycles. The first-order valence-electron chi connectivity index (χ1n) is 4.18. The summed E-state index contributed by atoms with van der Waals surface area (Å²) in [6.07, 6.45) is 1.67. The predicted molar refractivity (Wildman–Crippen MR) is 50.4 cm³/mol. The fraction of sp³-hybridized carbons (Fsp3) is 0.200. The molecule has 4 heteroatoms. The molecule has 0 fully saturated rings. The van der Waals surface area contributed by atoms with E-state index < -0.39 is 5.97 Å². The Hall–Kier alpha value is -1.84. The average Bonchev–Trinajstić information content (AvgIpc) is 2.56. The fourth-order valence-corrected chi connectivity index (χ4v) is 1.32. The van der Waals surface area contributed by atoms with Crippen LogP contribution in [0.1, 0.15) is 21.7 Å². The molecule has 1 N–H and O–H groups in total. The van der Waals surface area contributed by atoms with Crippen molar-refractivity contribution in [2.75, 3.05) is 0 Å². The molecule has 0 unspecified atom stereocenters. The Morgan fingerprint density at radius 1 is 1.50 bits per heavy atom. The molecule has 2 aromatic rings. The van der Waals surface area contributed by atoms with Crippen molar-refractivity contribution in [1.29, 1.82) is 0 Å². The van der Waals surface area contributed by atoms with E-state index in [0.29, 0.717) is 5.71 Å². The van der Waals surface area contributed by atoms with Gasteiger partial charge in [-0.15, -0.1) is 0 Å². The monoisotopic (exact) mass is 191 g/mol. The summed E-state index contributed by atoms with van der Waals surface area (Å²) in [5.41, 5.74) is 2.41. The fourth-order valence-electron chi connectivity index (χ4n) is 1.32. The molecule has 4 nitrogen and oxygen atoms in total. The molecule has 0 aliphatic carbocycles. The number of furan rings is 1. The highest BCUT2D eigenvalue weighted by molar-refractivity contribution is 5.91. The Bertz CT molecular complexity index is 513. The third-order valence-corrected chi connectivity index (χ3v) is 2.29. The van der Waals surface area contributed by atoms with Gasteiger partial charge in [-0.1, -0.05) is 0 Å². The van der Waals surface area contributed by atoms with Crippen molar-refractivity contribution in [2.24, 2.45) is 0 Å². The zero-order chi connectivity index (χ0) is 10.3. The zero-order valence-electron chi connectivity index (χ0n) is 7.87. The van der Waals surface area contributed by atoms with E-state index in [2.05, 4.69) is 4.98 Å². The van der Waals surface area contributed by atoms with Gasteiger partial charge in [0, 0.05) is 17.6 Å². The van der Waals surface area contributed by atoms with E-state index in [-0.39, 0.29) is 5.76 Å². The molecule has 2 aromatic heterocycles. The van der Waals surface area contributed by atoms with Gasteiger partial charge in [0.15, 0.2) is 0 Å². The molecule has 72 valence electrons. The summed E-state index contributed by atoms with van der Waals surface area (Å²) in [6, 6.07) is 1.51. The first-order valence-corrected chi connectivity index (χ1v) is 4.18. The normalized spacial score (nSPS) is 10.7. The summed E-state index contributed by atoms with van der Waals surface area (Å²) in [5.74, 6) is -1.14. The van der Waals surface area contributed by atoms with Crippen LogP contribution in [0.25, 0.3) is 11.1 Å². The molecular weight excluding hydrogens is 182 g/mol. The van der Waals surface area contributed by atoms with Gasteiger partial charge in [0.2, 0.25) is 11.5 Å². The number of carbonyl (C=O) groups is 1. The van der Waals surface area contributed by atoms with Gasteiger partial charge in [-0.3, -0.25) is 0 Å². The van der Waals surface area contributed by atoms with Crippen LogP contribution in [0.5, 0.6) is 0 Å². The number of aryl methyl sites for hydroxylation is 2. The largest absolute Gasteiger partial charge is 0.475 e. The number of hydrogen-bond acceptors (Lipinski definition) is 3. The second-order valence-corrected chi connectivity index (χ2v) is 3.20. The highest BCUT2D eigenvalue weighted by Crippen LogP contribution is 2.22. The minimum absolute atomic E-state index is 0.0683. The molecule has 0 saturated heterocycles. The number of nitrogens with zero attached hydrogens (tertiary/aromatic N) is 1. The van der Waals surface area contributed by atoms with E-state index in [1.54, 1.807) is 6.20 Å². The minimum atomic E-state index is -1.07. The lowest BCUT2D eigenvalue weighted by Crippen LogP contribution is -1.91. The number of aromatic carboxylic acids is 1. The summed E-state index contributed by atoms with van der Waals surface area (Å²) in [7, 11) is 0. The van der Waals surface area contributed by atoms with Crippen molar-refractivity contribution < 1.29 is 14.3 Å². The van der Waals surface area contributed by atoms with E-state index in [1.807, 2.05) is 13.8 Å². The molecule has 0 aliphatic heterocycles. The lowest BCUT2D eigenvalue weighted by molar-refractivity contribution is 0.0664. The standard InChI is InChI=1S/C10H9NO3/c1-5-4-11-9-7(6(5)2)3-8(14-9)10(12)13/h3-4H,1-2H3,(H,12,13). The van der Waals surface area contributed by atoms with Crippen molar-refractivity contribution in [3.05, 3.63) is 29.2 Å². The highest BCUT2D eigenvalue weighted by Gasteiger charge is 2.13. The van der Waals surface area contributed by atoms with Gasteiger partial charge in [-0.05, 0) is 25.0 Å². The van der Waals surface area contributed by atoms with Gasteiger partial charge in [0.05, 0.1) is 0 Å². The maximum Gasteiger partial charge on any atom is 0.371 e. The van der Waals surface area contributed by atoms with Crippen molar-refractivity contribution in [3.63, 3.8) is 0 Å². The first-order chi connectivity index (χ1) is 6.59. The smallest absolute Gasteiger partial charge is 0.371 e. The minimum Gasteiger partial charge on any atom is -0.475 e. The quantitative estimate of drug-likeness (QED) is 0.750. The Labute approximate surface area is 80.2 Å². The van der Waals surface area contributed by atoms with Crippen molar-refractivity contribution >= 4 is 17.1 Å². The molecule has 2 rings (SSSR count). The van der Waals surface area contributed by atoms with Gasteiger partial charge in [0.1, 0.15) is 0 Å². The van der Waals surface area contributed by atoms with Crippen LogP contribution in [0, 0.1) is 13.8 Å². The van der Waals surface area contributed by atoms with Gasteiger partial charge in [-0.25, -0.2) is 9.78 Å². The molecule has 0 atom stereocenters. The lowest BCUT2D eigenvalue weighted by Gasteiger charge is -1.97. The van der Waals surface area contributed by atoms with Crippen molar-refractivity contribution in [1.82, 2.24) is 4.98 Å². The summed E-state index contributed by atoms with van der Waals surface area (Å²) in [6.45, 7) is 3.84. The molecule has 14 heavy (non-hydrogen) atoms. The molecule has 0 saturated carbocycles. The first kappa shape index (κ1) is 8.74. The summed E-state index contributed by atoms with van der Waals surface area (Å²) >= 11 is 0. The number of pyridine rings is 1. The third-order valence-electron chi connectivity index (χ3n) is 2.29. The van der Waals surface area contributed by atoms with Crippen LogP contribution < -0.4 is 0 Å². The topological polar surface area (TPSA) is 63.3 Å². The van der Waals surface area contributed by atoms with Crippen LogP contribution in [0.4, 0.5) is 0 Å². The van der Waals surface area contributed by atoms with Gasteiger partial charge in [-0.2, -0.15) is 0 Å². The second kappa shape index (κ2) is 2.83. The SMILES string of the molecule is Cc1cnc2oc(C(=O)O)cc2c1C. The molecule has 0 radical (unpaired) electrons. The Morgan fingerprint density at radius 2 is 2.21 bits per heavy atom. The van der Waals surface area contributed by atoms with Crippen molar-refractivity contribution in [3.8, 4) is 0 Å². The second-order valence-electron chi connectivity index (χ2n) is 3.20. The third kappa shape index (κ3) is 1.16. The summed E-state index contributed by atoms with van der Waals surface area (Å²) in [4.78, 5) is 14.7. The molecular formula is C10H9NO3. The Kier molecular flexibility index (Phi) is 1.77. The van der Waals surface area contributed by atoms with E-state index in [0.717, 1.165) is 16.5 Å². The van der Waals surface area contributed by atoms with Gasteiger partial charge < -0.3 is 9.52 Å². The van der Waals surface area contributed by atoms with E-state index in [4.69, 9.17) is 9.52 Å². The van der Waals surface area contributed by atoms with E-state index in [1.165, 1.54) is 6.07 Å². The van der Waals surface area contributed by atoms with Crippen LogP contribution in [-0.2, 0) is 0 Å². The highest BCUT2D eigenvalue weighted by atomic mass is 16.4. The molecule has 0 aliphatic rings. The number of carboxylic acids is 1. The van der Waals surface area contributed by atoms with Crippen LogP contribution >= 0.6 is 0 Å². The van der Waals surface area contributed by atoms with Crippen LogP contribution in [-0.4, -0.2) is 16.1 Å². The van der Waals surface area contributed by atoms with Crippen LogP contribution in [0.3, 0.4) is 0 Å². The molecule has 0 spiro atoms. The Balaban J connectivity index is 2.77. The maximum absolute atomic E-state index is 10.6. The van der Waals surface area contributed by atoms with Crippen LogP contribution in [0.15, 0.2) is 16.7 Å². The molecule has 0 aromatic carbocycles. The Morgan fingerprint density at radius 3 is 2.86 bits per heavy atom. The van der Waals surface area contributed by atoms with E-state index in [9.17, 15) is 4.79 Å². The van der Waals surface area contributed by atoms with Crippen LogP contribution in [0.2, 0.25) is 0 Å².